The molecular formula is C28H41N3O7. The van der Waals surface area contributed by atoms with Crippen LogP contribution in [0.5, 0.6) is 5.75 Å². The lowest BCUT2D eigenvalue weighted by atomic mass is 10.1. The summed E-state index contributed by atoms with van der Waals surface area (Å²) in [6.07, 6.45) is 1.11. The van der Waals surface area contributed by atoms with Crippen LogP contribution in [0.15, 0.2) is 49.2 Å². The number of amides is 3. The summed E-state index contributed by atoms with van der Waals surface area (Å²) in [4.78, 5) is 51.8. The minimum atomic E-state index is -1.10. The number of carbonyl (C=O) groups excluding carboxylic acids is 4. The van der Waals surface area contributed by atoms with Gasteiger partial charge in [-0.15, -0.1) is 0 Å². The van der Waals surface area contributed by atoms with E-state index in [0.717, 1.165) is 10.0 Å². The van der Waals surface area contributed by atoms with Gasteiger partial charge in [0.25, 0.3) is 5.91 Å². The third kappa shape index (κ3) is 10.7. The van der Waals surface area contributed by atoms with Crippen molar-refractivity contribution in [1.29, 1.82) is 0 Å². The highest BCUT2D eigenvalue weighted by atomic mass is 16.6. The fraction of sp³-hybridized carbons (Fsp3) is 0.500. The number of nitrogens with one attached hydrogen (secondary N) is 1. The number of methoxy groups -OCH3 is 1. The molecule has 1 rings (SSSR count). The van der Waals surface area contributed by atoms with Crippen LogP contribution in [-0.4, -0.2) is 54.2 Å². The highest BCUT2D eigenvalue weighted by molar-refractivity contribution is 6.01. The number of hydrazine groups is 1. The molecular weight excluding hydrogens is 490 g/mol. The number of alkyl carbamates (subject to hydrolysis) is 1. The lowest BCUT2D eigenvalue weighted by Gasteiger charge is -2.37. The topological polar surface area (TPSA) is 114 Å². The van der Waals surface area contributed by atoms with Gasteiger partial charge >= 0.3 is 12.1 Å². The lowest BCUT2D eigenvalue weighted by molar-refractivity contribution is -0.141. The molecule has 0 fully saturated rings. The van der Waals surface area contributed by atoms with Gasteiger partial charge in [-0.3, -0.25) is 14.4 Å². The van der Waals surface area contributed by atoms with Crippen LogP contribution in [0.2, 0.25) is 0 Å². The molecule has 1 atom stereocenters. The average molecular weight is 532 g/mol. The summed E-state index contributed by atoms with van der Waals surface area (Å²) in [6, 6.07) is 5.33. The second-order valence-electron chi connectivity index (χ2n) is 10.1. The minimum absolute atomic E-state index is 0.0374. The summed E-state index contributed by atoms with van der Waals surface area (Å²) in [6.45, 7) is 18.3. The quantitative estimate of drug-likeness (QED) is 0.235. The molecule has 0 radical (unpaired) electrons. The van der Waals surface area contributed by atoms with Gasteiger partial charge in [-0.25, -0.2) is 14.8 Å². The van der Waals surface area contributed by atoms with Crippen molar-refractivity contribution >= 4 is 29.6 Å². The first-order valence-corrected chi connectivity index (χ1v) is 12.4. The van der Waals surface area contributed by atoms with Crippen LogP contribution in [0.4, 0.5) is 10.5 Å². The number of ether oxygens (including phenoxy) is 3. The van der Waals surface area contributed by atoms with Crippen LogP contribution in [0, 0.1) is 5.92 Å². The second kappa shape index (κ2) is 14.8. The van der Waals surface area contributed by atoms with Crippen molar-refractivity contribution in [2.75, 3.05) is 18.7 Å². The Morgan fingerprint density at radius 1 is 1.08 bits per heavy atom. The monoisotopic (exact) mass is 531 g/mol. The Hall–Kier alpha value is -3.82. The van der Waals surface area contributed by atoms with E-state index >= 15 is 0 Å². The number of carbonyl (C=O) groups is 4. The molecule has 0 unspecified atom stereocenters. The third-order valence-corrected chi connectivity index (χ3v) is 5.01. The molecule has 1 aromatic rings. The maximum Gasteiger partial charge on any atom is 0.408 e. The Labute approximate surface area is 225 Å². The van der Waals surface area contributed by atoms with Gasteiger partial charge in [0, 0.05) is 12.1 Å². The molecule has 0 aliphatic carbocycles. The van der Waals surface area contributed by atoms with Crippen LogP contribution >= 0.6 is 0 Å². The zero-order chi connectivity index (χ0) is 29.0. The Morgan fingerprint density at radius 2 is 1.68 bits per heavy atom. The van der Waals surface area contributed by atoms with Crippen molar-refractivity contribution in [3.8, 4) is 5.75 Å². The Kier molecular flexibility index (Phi) is 12.5. The summed E-state index contributed by atoms with van der Waals surface area (Å²) < 4.78 is 15.6. The second-order valence-corrected chi connectivity index (χ2v) is 10.1. The number of benzene rings is 1. The van der Waals surface area contributed by atoms with Gasteiger partial charge in [0.2, 0.25) is 5.91 Å². The number of rotatable bonds is 12. The van der Waals surface area contributed by atoms with Crippen molar-refractivity contribution in [1.82, 2.24) is 10.3 Å². The van der Waals surface area contributed by atoms with E-state index in [1.54, 1.807) is 51.1 Å². The maximum atomic E-state index is 13.8. The summed E-state index contributed by atoms with van der Waals surface area (Å²) in [7, 11) is 1.22. The Bertz CT molecular complexity index is 997. The molecule has 3 amide bonds. The molecule has 10 nitrogen and oxygen atoms in total. The molecule has 0 saturated heterocycles. The standard InChI is InChI=1S/C28H41N3O7/c1-10-17-37-23-14-12-22(13-15-23)31(26(34)21(5)29-27(35)38-28(6,7)8)30(20(4)18-25(33)36-9)24(32)16-11-19(2)3/h10,12-15,19,21H,1,4,11,16-18H2,2-3,5-9H3,(H,29,35)/t21-/m0/s1. The highest BCUT2D eigenvalue weighted by Gasteiger charge is 2.34. The summed E-state index contributed by atoms with van der Waals surface area (Å²) in [5.74, 6) is -0.992. The number of nitrogens with zero attached hydrogens (tertiary/aromatic N) is 2. The predicted octanol–water partition coefficient (Wildman–Crippen LogP) is 4.75. The molecule has 10 heteroatoms. The van der Waals surface area contributed by atoms with Crippen molar-refractivity contribution in [2.24, 2.45) is 5.92 Å². The SMILES string of the molecule is C=CCOc1ccc(N(C(=O)[C@H](C)NC(=O)OC(C)(C)C)N(C(=C)CC(=O)OC)C(=O)CCC(C)C)cc1. The number of hydrogen-bond donors (Lipinski definition) is 1. The highest BCUT2D eigenvalue weighted by Crippen LogP contribution is 2.26. The van der Waals surface area contributed by atoms with Crippen molar-refractivity contribution < 1.29 is 33.4 Å². The Morgan fingerprint density at radius 3 is 2.18 bits per heavy atom. The van der Waals surface area contributed by atoms with Crippen molar-refractivity contribution in [2.45, 2.75) is 72.4 Å². The average Bonchev–Trinajstić information content (AvgIpc) is 2.82. The van der Waals surface area contributed by atoms with Gasteiger partial charge in [-0.2, -0.15) is 0 Å². The molecule has 1 aromatic carbocycles. The molecule has 38 heavy (non-hydrogen) atoms. The van der Waals surface area contributed by atoms with Crippen molar-refractivity contribution in [3.05, 3.63) is 49.2 Å². The molecule has 0 saturated carbocycles. The normalized spacial score (nSPS) is 11.7. The van der Waals surface area contributed by atoms with Gasteiger partial charge < -0.3 is 19.5 Å². The minimum Gasteiger partial charge on any atom is -0.490 e. The first-order valence-electron chi connectivity index (χ1n) is 12.4. The van der Waals surface area contributed by atoms with Crippen LogP contribution in [0.1, 0.15) is 60.8 Å². The third-order valence-electron chi connectivity index (χ3n) is 5.01. The number of esters is 1. The molecule has 0 aliphatic rings. The Balaban J connectivity index is 3.52. The van der Waals surface area contributed by atoms with E-state index in [2.05, 4.69) is 18.5 Å². The molecule has 0 heterocycles. The predicted molar refractivity (Wildman–Crippen MR) is 145 cm³/mol. The van der Waals surface area contributed by atoms with E-state index in [9.17, 15) is 19.2 Å². The molecule has 0 bridgehead atoms. The van der Waals surface area contributed by atoms with E-state index in [1.165, 1.54) is 14.0 Å². The molecule has 0 spiro atoms. The summed E-state index contributed by atoms with van der Waals surface area (Å²) >= 11 is 0. The van der Waals surface area contributed by atoms with Gasteiger partial charge in [0.05, 0.1) is 19.2 Å². The molecule has 1 N–H and O–H groups in total. The van der Waals surface area contributed by atoms with Gasteiger partial charge in [-0.1, -0.05) is 33.1 Å². The molecule has 210 valence electrons. The van der Waals surface area contributed by atoms with E-state index in [0.29, 0.717) is 17.9 Å². The number of hydrogen-bond acceptors (Lipinski definition) is 7. The van der Waals surface area contributed by atoms with Crippen LogP contribution in [-0.2, 0) is 23.9 Å². The zero-order valence-electron chi connectivity index (χ0n) is 23.5. The smallest absolute Gasteiger partial charge is 0.408 e. The van der Waals surface area contributed by atoms with Crippen LogP contribution in [0.3, 0.4) is 0 Å². The van der Waals surface area contributed by atoms with Gasteiger partial charge in [-0.05, 0) is 64.3 Å². The summed E-state index contributed by atoms with van der Waals surface area (Å²) in [5, 5.41) is 4.70. The molecule has 0 aliphatic heterocycles. The van der Waals surface area contributed by atoms with E-state index < -0.39 is 35.5 Å². The van der Waals surface area contributed by atoms with E-state index in [-0.39, 0.29) is 31.1 Å². The number of anilines is 1. The zero-order valence-corrected chi connectivity index (χ0v) is 23.5. The summed E-state index contributed by atoms with van der Waals surface area (Å²) in [5.41, 5.74) is -0.445. The van der Waals surface area contributed by atoms with Crippen LogP contribution in [0.25, 0.3) is 0 Å². The van der Waals surface area contributed by atoms with E-state index in [4.69, 9.17) is 14.2 Å². The van der Waals surface area contributed by atoms with Crippen molar-refractivity contribution in [3.63, 3.8) is 0 Å². The lowest BCUT2D eigenvalue weighted by Crippen LogP contribution is -2.56. The van der Waals surface area contributed by atoms with Crippen LogP contribution < -0.4 is 15.1 Å². The largest absolute Gasteiger partial charge is 0.490 e. The first-order chi connectivity index (χ1) is 17.7. The fourth-order valence-corrected chi connectivity index (χ4v) is 3.17. The fourth-order valence-electron chi connectivity index (χ4n) is 3.17. The van der Waals surface area contributed by atoms with E-state index in [1.807, 2.05) is 13.8 Å². The van der Waals surface area contributed by atoms with Gasteiger partial charge in [0.1, 0.15) is 24.0 Å². The van der Waals surface area contributed by atoms with Gasteiger partial charge in [0.15, 0.2) is 0 Å². The maximum absolute atomic E-state index is 13.8. The first kappa shape index (κ1) is 32.2. The molecule has 0 aromatic heterocycles.